The minimum absolute atomic E-state index is 0.0749. The molecule has 1 aromatic heterocycles. The van der Waals surface area contributed by atoms with E-state index in [0.717, 1.165) is 53.8 Å². The third kappa shape index (κ3) is 5.66. The monoisotopic (exact) mass is 486 g/mol. The zero-order chi connectivity index (χ0) is 24.0. The molecule has 35 heavy (non-hydrogen) atoms. The molecule has 0 unspecified atom stereocenters. The maximum atomic E-state index is 13.0. The second-order valence-corrected chi connectivity index (χ2v) is 9.33. The molecule has 1 aliphatic rings. The highest BCUT2D eigenvalue weighted by atomic mass is 32.2. The molecule has 0 bridgehead atoms. The molecule has 8 heteroatoms. The number of para-hydroxylation sites is 2. The molecule has 0 saturated carbocycles. The van der Waals surface area contributed by atoms with Gasteiger partial charge in [-0.25, -0.2) is 9.78 Å². The van der Waals surface area contributed by atoms with Crippen LogP contribution >= 0.6 is 11.8 Å². The smallest absolute Gasteiger partial charge is 0.321 e. The summed E-state index contributed by atoms with van der Waals surface area (Å²) >= 11 is 1.46. The number of fused-ring (bicyclic) bond motifs is 1. The van der Waals surface area contributed by atoms with Crippen LogP contribution in [0.1, 0.15) is 34.3 Å². The fraction of sp³-hybridized carbons (Fsp3) is 0.222. The number of thioether (sulfide) groups is 1. The van der Waals surface area contributed by atoms with Crippen molar-refractivity contribution in [3.8, 4) is 0 Å². The first-order valence-corrected chi connectivity index (χ1v) is 12.6. The number of hydrogen-bond acceptors (Lipinski definition) is 5. The summed E-state index contributed by atoms with van der Waals surface area (Å²) in [5.41, 5.74) is 4.73. The maximum Gasteiger partial charge on any atom is 0.321 e. The number of oxazole rings is 1. The van der Waals surface area contributed by atoms with E-state index >= 15 is 0 Å². The molecule has 1 fully saturated rings. The van der Waals surface area contributed by atoms with Crippen LogP contribution in [-0.4, -0.2) is 34.9 Å². The van der Waals surface area contributed by atoms with E-state index in [4.69, 9.17) is 4.42 Å². The van der Waals surface area contributed by atoms with Crippen molar-refractivity contribution >= 4 is 40.5 Å². The van der Waals surface area contributed by atoms with E-state index in [9.17, 15) is 9.59 Å². The number of nitrogens with zero attached hydrogens (tertiary/aromatic N) is 2. The molecule has 1 aliphatic heterocycles. The normalized spacial score (nSPS) is 13.2. The van der Waals surface area contributed by atoms with Gasteiger partial charge in [0.15, 0.2) is 5.58 Å². The Labute approximate surface area is 207 Å². The molecule has 7 nitrogen and oxygen atoms in total. The van der Waals surface area contributed by atoms with Crippen molar-refractivity contribution in [2.24, 2.45) is 0 Å². The third-order valence-electron chi connectivity index (χ3n) is 5.91. The Morgan fingerprint density at radius 3 is 2.63 bits per heavy atom. The first-order valence-electron chi connectivity index (χ1n) is 11.6. The van der Waals surface area contributed by atoms with Crippen molar-refractivity contribution in [2.45, 2.75) is 30.4 Å². The Hall–Kier alpha value is -3.78. The predicted molar refractivity (Wildman–Crippen MR) is 137 cm³/mol. The Bertz CT molecular complexity index is 1310. The van der Waals surface area contributed by atoms with E-state index in [1.165, 1.54) is 11.8 Å². The molecule has 1 saturated heterocycles. The third-order valence-corrected chi connectivity index (χ3v) is 6.79. The van der Waals surface area contributed by atoms with Crippen LogP contribution in [0.5, 0.6) is 0 Å². The molecular weight excluding hydrogens is 460 g/mol. The number of carbonyl (C=O) groups is 2. The minimum atomic E-state index is -0.148. The predicted octanol–water partition coefficient (Wildman–Crippen LogP) is 5.68. The van der Waals surface area contributed by atoms with Crippen molar-refractivity contribution in [1.82, 2.24) is 15.2 Å². The van der Waals surface area contributed by atoms with Crippen molar-refractivity contribution in [3.63, 3.8) is 0 Å². The van der Waals surface area contributed by atoms with Gasteiger partial charge in [-0.1, -0.05) is 54.2 Å². The van der Waals surface area contributed by atoms with E-state index < -0.39 is 0 Å². The van der Waals surface area contributed by atoms with Crippen LogP contribution in [0.15, 0.2) is 82.4 Å². The number of likely N-dealkylation sites (tertiary alicyclic amines) is 1. The second kappa shape index (κ2) is 10.7. The van der Waals surface area contributed by atoms with Gasteiger partial charge in [0, 0.05) is 36.6 Å². The average molecular weight is 487 g/mol. The summed E-state index contributed by atoms with van der Waals surface area (Å²) in [4.78, 5) is 31.7. The van der Waals surface area contributed by atoms with Crippen LogP contribution in [0.2, 0.25) is 0 Å². The minimum Gasteiger partial charge on any atom is -0.431 e. The molecule has 0 aliphatic carbocycles. The molecule has 2 N–H and O–H groups in total. The molecule has 178 valence electrons. The van der Waals surface area contributed by atoms with Gasteiger partial charge in [-0.05, 0) is 54.3 Å². The molecular formula is C27H26N4O3S. The lowest BCUT2D eigenvalue weighted by molar-refractivity contribution is 0.0950. The highest BCUT2D eigenvalue weighted by molar-refractivity contribution is 7.98. The molecule has 5 rings (SSSR count). The maximum absolute atomic E-state index is 13.0. The van der Waals surface area contributed by atoms with Gasteiger partial charge in [-0.3, -0.25) is 4.79 Å². The Balaban J connectivity index is 1.20. The summed E-state index contributed by atoms with van der Waals surface area (Å²) < 4.78 is 5.78. The number of benzene rings is 3. The molecule has 2 heterocycles. The van der Waals surface area contributed by atoms with Gasteiger partial charge in [0.05, 0.1) is 0 Å². The lowest BCUT2D eigenvalue weighted by atomic mass is 10.1. The largest absolute Gasteiger partial charge is 0.431 e. The first kappa shape index (κ1) is 23.0. The van der Waals surface area contributed by atoms with Crippen molar-refractivity contribution in [2.75, 3.05) is 18.4 Å². The standard InChI is InChI=1S/C27H26N4O3S/c32-25(28-17-19-8-7-10-21(16-19)29-26(33)31-14-5-6-15-31)22-11-2-1-9-20(22)18-35-27-30-23-12-3-4-13-24(23)34-27/h1-4,7-13,16H,5-6,14-15,17-18H2,(H,28,32)(H,29,33). The van der Waals surface area contributed by atoms with E-state index in [1.54, 1.807) is 0 Å². The van der Waals surface area contributed by atoms with E-state index in [1.807, 2.05) is 77.7 Å². The Morgan fingerprint density at radius 2 is 1.77 bits per heavy atom. The molecule has 3 amide bonds. The van der Waals surface area contributed by atoms with E-state index in [2.05, 4.69) is 15.6 Å². The molecule has 4 aromatic rings. The van der Waals surface area contributed by atoms with Crippen molar-refractivity contribution in [3.05, 3.63) is 89.5 Å². The average Bonchev–Trinajstić information content (AvgIpc) is 3.57. The molecule has 3 aromatic carbocycles. The van der Waals surface area contributed by atoms with Gasteiger partial charge in [0.1, 0.15) is 5.52 Å². The van der Waals surface area contributed by atoms with Crippen molar-refractivity contribution < 1.29 is 14.0 Å². The highest BCUT2D eigenvalue weighted by Crippen LogP contribution is 2.27. The number of rotatable bonds is 7. The van der Waals surface area contributed by atoms with Crippen LogP contribution in [-0.2, 0) is 12.3 Å². The zero-order valence-corrected chi connectivity index (χ0v) is 20.0. The summed E-state index contributed by atoms with van der Waals surface area (Å²) in [6, 6.07) is 22.7. The van der Waals surface area contributed by atoms with Crippen LogP contribution < -0.4 is 10.6 Å². The number of hydrogen-bond donors (Lipinski definition) is 2. The molecule has 0 atom stereocenters. The Morgan fingerprint density at radius 1 is 0.971 bits per heavy atom. The van der Waals surface area contributed by atoms with Gasteiger partial charge in [0.25, 0.3) is 11.1 Å². The van der Waals surface area contributed by atoms with Gasteiger partial charge >= 0.3 is 6.03 Å². The number of aromatic nitrogens is 1. The quantitative estimate of drug-likeness (QED) is 0.328. The van der Waals surface area contributed by atoms with Gasteiger partial charge < -0.3 is 20.0 Å². The van der Waals surface area contributed by atoms with E-state index in [-0.39, 0.29) is 11.9 Å². The lowest BCUT2D eigenvalue weighted by Gasteiger charge is -2.16. The van der Waals surface area contributed by atoms with Crippen molar-refractivity contribution in [1.29, 1.82) is 0 Å². The number of nitrogens with one attached hydrogen (secondary N) is 2. The zero-order valence-electron chi connectivity index (χ0n) is 19.2. The summed E-state index contributed by atoms with van der Waals surface area (Å²) in [5.74, 6) is 0.416. The SMILES string of the molecule is O=C(NCc1cccc(NC(=O)N2CCCC2)c1)c1ccccc1CSc1nc2ccccc2o1. The number of carbonyl (C=O) groups excluding carboxylic acids is 2. The summed E-state index contributed by atoms with van der Waals surface area (Å²) in [5, 5.41) is 6.53. The number of anilines is 1. The second-order valence-electron chi connectivity index (χ2n) is 8.40. The fourth-order valence-corrected chi connectivity index (χ4v) is 4.92. The first-order chi connectivity index (χ1) is 17.2. The van der Waals surface area contributed by atoms with Crippen LogP contribution in [0, 0.1) is 0 Å². The van der Waals surface area contributed by atoms with Gasteiger partial charge in [-0.15, -0.1) is 0 Å². The molecule has 0 radical (unpaired) electrons. The van der Waals surface area contributed by atoms with Gasteiger partial charge in [-0.2, -0.15) is 0 Å². The molecule has 0 spiro atoms. The lowest BCUT2D eigenvalue weighted by Crippen LogP contribution is -2.32. The Kier molecular flexibility index (Phi) is 6.99. The van der Waals surface area contributed by atoms with Crippen LogP contribution in [0.4, 0.5) is 10.5 Å². The van der Waals surface area contributed by atoms with Crippen LogP contribution in [0.25, 0.3) is 11.1 Å². The van der Waals surface area contributed by atoms with Crippen LogP contribution in [0.3, 0.4) is 0 Å². The number of amides is 3. The van der Waals surface area contributed by atoms with Gasteiger partial charge in [0.2, 0.25) is 0 Å². The summed E-state index contributed by atoms with van der Waals surface area (Å²) in [6.45, 7) is 1.95. The highest BCUT2D eigenvalue weighted by Gasteiger charge is 2.18. The van der Waals surface area contributed by atoms with E-state index in [0.29, 0.717) is 23.1 Å². The topological polar surface area (TPSA) is 87.5 Å². The number of urea groups is 1. The fourth-order valence-electron chi connectivity index (χ4n) is 4.08. The summed E-state index contributed by atoms with van der Waals surface area (Å²) in [6.07, 6.45) is 2.10. The summed E-state index contributed by atoms with van der Waals surface area (Å²) in [7, 11) is 0.